The Hall–Kier alpha value is -1.67. The summed E-state index contributed by atoms with van der Waals surface area (Å²) in [5.41, 5.74) is 0.904. The van der Waals surface area contributed by atoms with Crippen LogP contribution in [-0.4, -0.2) is 71.2 Å². The summed E-state index contributed by atoms with van der Waals surface area (Å²) in [6, 6.07) is -0.0319. The zero-order valence-electron chi connectivity index (χ0n) is 18.6. The predicted octanol–water partition coefficient (Wildman–Crippen LogP) is 2.79. The van der Waals surface area contributed by atoms with Crippen LogP contribution < -0.4 is 5.32 Å². The molecular weight excluding hydrogens is 400 g/mol. The van der Waals surface area contributed by atoms with E-state index in [1.165, 1.54) is 10.7 Å². The van der Waals surface area contributed by atoms with Crippen molar-refractivity contribution in [3.05, 3.63) is 16.1 Å². The minimum atomic E-state index is -0.364. The van der Waals surface area contributed by atoms with E-state index in [1.807, 2.05) is 16.7 Å². The van der Waals surface area contributed by atoms with Gasteiger partial charge in [0.05, 0.1) is 22.3 Å². The van der Waals surface area contributed by atoms with E-state index in [4.69, 9.17) is 9.72 Å². The van der Waals surface area contributed by atoms with Gasteiger partial charge in [0.15, 0.2) is 0 Å². The number of rotatable bonds is 2. The molecule has 0 unspecified atom stereocenters. The zero-order valence-corrected chi connectivity index (χ0v) is 19.4. The van der Waals surface area contributed by atoms with E-state index in [0.29, 0.717) is 19.0 Å². The lowest BCUT2D eigenvalue weighted by Gasteiger charge is -2.49. The lowest BCUT2D eigenvalue weighted by Crippen LogP contribution is -2.67. The van der Waals surface area contributed by atoms with Gasteiger partial charge in [-0.1, -0.05) is 20.8 Å². The van der Waals surface area contributed by atoms with Gasteiger partial charge in [-0.2, -0.15) is 0 Å². The molecule has 8 heteroatoms. The second-order valence-corrected chi connectivity index (χ2v) is 11.2. The first kappa shape index (κ1) is 21.6. The average Bonchev–Trinajstić information content (AvgIpc) is 3.17. The molecule has 0 aliphatic carbocycles. The van der Waals surface area contributed by atoms with Crippen molar-refractivity contribution in [3.8, 4) is 0 Å². The quantitative estimate of drug-likeness (QED) is 0.777. The number of nitrogens with zero attached hydrogens (tertiary/aromatic N) is 3. The van der Waals surface area contributed by atoms with Crippen LogP contribution in [0.1, 0.15) is 57.7 Å². The van der Waals surface area contributed by atoms with Crippen LogP contribution in [-0.2, 0) is 21.4 Å². The van der Waals surface area contributed by atoms with E-state index >= 15 is 0 Å². The van der Waals surface area contributed by atoms with Gasteiger partial charge in [0, 0.05) is 43.4 Å². The van der Waals surface area contributed by atoms with E-state index in [2.05, 4.69) is 31.5 Å². The number of urea groups is 1. The van der Waals surface area contributed by atoms with E-state index in [0.717, 1.165) is 38.8 Å². The molecular formula is C22H34N4O3S. The molecule has 0 radical (unpaired) electrons. The van der Waals surface area contributed by atoms with Crippen molar-refractivity contribution in [1.82, 2.24) is 20.1 Å². The summed E-state index contributed by atoms with van der Waals surface area (Å²) < 4.78 is 5.78. The molecule has 7 nitrogen and oxygen atoms in total. The number of ether oxygens (including phenoxy) is 1. The number of aromatic nitrogens is 1. The summed E-state index contributed by atoms with van der Waals surface area (Å²) in [5, 5.41) is 6.41. The molecule has 1 aromatic rings. The first-order valence-electron chi connectivity index (χ1n) is 11.1. The lowest BCUT2D eigenvalue weighted by molar-refractivity contribution is -0.156. The molecule has 1 aromatic heterocycles. The lowest BCUT2D eigenvalue weighted by atomic mass is 9.87. The van der Waals surface area contributed by atoms with Crippen LogP contribution in [0.2, 0.25) is 0 Å². The summed E-state index contributed by atoms with van der Waals surface area (Å²) in [4.78, 5) is 33.5. The number of thiazole rings is 1. The Balaban J connectivity index is 1.28. The van der Waals surface area contributed by atoms with Gasteiger partial charge in [0.1, 0.15) is 6.61 Å². The molecule has 3 fully saturated rings. The molecule has 2 atom stereocenters. The van der Waals surface area contributed by atoms with Crippen LogP contribution in [0.4, 0.5) is 4.79 Å². The van der Waals surface area contributed by atoms with Crippen molar-refractivity contribution in [2.45, 2.75) is 70.4 Å². The Morgan fingerprint density at radius 2 is 2.03 bits per heavy atom. The van der Waals surface area contributed by atoms with Crippen LogP contribution in [0, 0.1) is 5.92 Å². The Kier molecular flexibility index (Phi) is 5.83. The number of hydrogen-bond acceptors (Lipinski definition) is 5. The third kappa shape index (κ3) is 4.49. The number of morpholine rings is 1. The Morgan fingerprint density at radius 3 is 2.70 bits per heavy atom. The maximum absolute atomic E-state index is 13.1. The second-order valence-electron chi connectivity index (χ2n) is 10.2. The van der Waals surface area contributed by atoms with Crippen LogP contribution in [0.25, 0.3) is 0 Å². The number of fused-ring (bicyclic) bond motifs is 1. The summed E-state index contributed by atoms with van der Waals surface area (Å²) in [5.74, 6) is 0.494. The van der Waals surface area contributed by atoms with E-state index < -0.39 is 0 Å². The van der Waals surface area contributed by atoms with Gasteiger partial charge in [-0.05, 0) is 32.1 Å². The third-order valence-electron chi connectivity index (χ3n) is 6.83. The Morgan fingerprint density at radius 1 is 1.30 bits per heavy atom. The summed E-state index contributed by atoms with van der Waals surface area (Å²) in [7, 11) is 0. The van der Waals surface area contributed by atoms with Crippen LogP contribution in [0.5, 0.6) is 0 Å². The highest BCUT2D eigenvalue weighted by Crippen LogP contribution is 2.31. The fourth-order valence-corrected chi connectivity index (χ4v) is 5.71. The van der Waals surface area contributed by atoms with Crippen LogP contribution >= 0.6 is 11.3 Å². The molecule has 0 saturated carbocycles. The van der Waals surface area contributed by atoms with Gasteiger partial charge < -0.3 is 19.9 Å². The maximum atomic E-state index is 13.1. The minimum absolute atomic E-state index is 0.0932. The maximum Gasteiger partial charge on any atom is 0.320 e. The van der Waals surface area contributed by atoms with Crippen LogP contribution in [0.3, 0.4) is 0 Å². The van der Waals surface area contributed by atoms with Crippen molar-refractivity contribution in [2.24, 2.45) is 5.92 Å². The molecule has 0 spiro atoms. The van der Waals surface area contributed by atoms with E-state index in [9.17, 15) is 9.59 Å². The standard InChI is InChI=1S/C22H34N4O3S/c1-21(2,3)17-14-30-19(24-17)11-15-5-8-25(9-6-15)20(28)26-10-7-22(4)16(12-26)23-18(27)13-29-22/h14-16H,5-13H2,1-4H3,(H,23,27)/t16-,22+/m0/s1. The molecule has 4 heterocycles. The van der Waals surface area contributed by atoms with Gasteiger partial charge in [-0.3, -0.25) is 4.79 Å². The van der Waals surface area contributed by atoms with Gasteiger partial charge in [-0.15, -0.1) is 11.3 Å². The Labute approximate surface area is 183 Å². The zero-order chi connectivity index (χ0) is 21.5. The van der Waals surface area contributed by atoms with Gasteiger partial charge >= 0.3 is 6.03 Å². The van der Waals surface area contributed by atoms with E-state index in [-0.39, 0.29) is 35.6 Å². The molecule has 1 N–H and O–H groups in total. The fraction of sp³-hybridized carbons (Fsp3) is 0.773. The summed E-state index contributed by atoms with van der Waals surface area (Å²) in [6.07, 6.45) is 3.80. The molecule has 3 saturated heterocycles. The summed E-state index contributed by atoms with van der Waals surface area (Å²) in [6.45, 7) is 11.5. The molecule has 3 aliphatic heterocycles. The number of carbonyl (C=O) groups excluding carboxylic acids is 2. The Bertz CT molecular complexity index is 797. The first-order valence-corrected chi connectivity index (χ1v) is 11.9. The normalized spacial score (nSPS) is 28.3. The van der Waals surface area contributed by atoms with Crippen molar-refractivity contribution in [1.29, 1.82) is 0 Å². The molecule has 4 rings (SSSR count). The highest BCUT2D eigenvalue weighted by Gasteiger charge is 2.46. The predicted molar refractivity (Wildman–Crippen MR) is 117 cm³/mol. The van der Waals surface area contributed by atoms with Crippen molar-refractivity contribution in [2.75, 3.05) is 32.8 Å². The van der Waals surface area contributed by atoms with E-state index in [1.54, 1.807) is 11.3 Å². The smallest absolute Gasteiger partial charge is 0.320 e. The second kappa shape index (κ2) is 8.11. The molecule has 3 aliphatic rings. The largest absolute Gasteiger partial charge is 0.363 e. The summed E-state index contributed by atoms with van der Waals surface area (Å²) >= 11 is 1.76. The van der Waals surface area contributed by atoms with Crippen LogP contribution in [0.15, 0.2) is 5.38 Å². The average molecular weight is 435 g/mol. The number of likely N-dealkylation sites (tertiary alicyclic amines) is 2. The van der Waals surface area contributed by atoms with Gasteiger partial charge in [0.2, 0.25) is 5.91 Å². The molecule has 0 aromatic carbocycles. The molecule has 166 valence electrons. The topological polar surface area (TPSA) is 74.8 Å². The molecule has 30 heavy (non-hydrogen) atoms. The molecule has 3 amide bonds. The van der Waals surface area contributed by atoms with Gasteiger partial charge in [0.25, 0.3) is 0 Å². The number of hydrogen-bond donors (Lipinski definition) is 1. The first-order chi connectivity index (χ1) is 14.1. The van der Waals surface area contributed by atoms with Crippen molar-refractivity contribution >= 4 is 23.3 Å². The SMILES string of the molecule is CC(C)(C)c1csc(CC2CCN(C(=O)N3CC[C@@]4(C)OCC(=O)N[C@H]4C3)CC2)n1. The monoisotopic (exact) mass is 434 g/mol. The number of nitrogens with one attached hydrogen (secondary N) is 1. The van der Waals surface area contributed by atoms with Crippen molar-refractivity contribution in [3.63, 3.8) is 0 Å². The highest BCUT2D eigenvalue weighted by atomic mass is 32.1. The fourth-order valence-electron chi connectivity index (χ4n) is 4.57. The van der Waals surface area contributed by atoms with Crippen molar-refractivity contribution < 1.29 is 14.3 Å². The van der Waals surface area contributed by atoms with Gasteiger partial charge in [-0.25, -0.2) is 9.78 Å². The number of carbonyl (C=O) groups is 2. The minimum Gasteiger partial charge on any atom is -0.363 e. The number of piperidine rings is 2. The number of amides is 3. The third-order valence-corrected chi connectivity index (χ3v) is 7.70. The highest BCUT2D eigenvalue weighted by molar-refractivity contribution is 7.09. The molecule has 0 bridgehead atoms.